The van der Waals surface area contributed by atoms with Crippen molar-refractivity contribution in [1.82, 2.24) is 0 Å². The number of hydrogen-bond donors (Lipinski definition) is 3. The second-order valence-corrected chi connectivity index (χ2v) is 20.5. The van der Waals surface area contributed by atoms with E-state index in [9.17, 15) is 8.42 Å². The van der Waals surface area contributed by atoms with Gasteiger partial charge in [-0.1, -0.05) is 0 Å². The molecule has 0 radical (unpaired) electrons. The third-order valence-corrected chi connectivity index (χ3v) is 19.1. The van der Waals surface area contributed by atoms with Crippen molar-refractivity contribution >= 4 is 76.6 Å². The topological polar surface area (TPSA) is 135 Å². The molecule has 1 rings (SSSR count). The van der Waals surface area contributed by atoms with Crippen LogP contribution in [-0.2, 0) is 28.9 Å². The zero-order valence-corrected chi connectivity index (χ0v) is 22.7. The van der Waals surface area contributed by atoms with Crippen LogP contribution in [0, 0.1) is 0 Å². The second kappa shape index (κ2) is 18.0. The van der Waals surface area contributed by atoms with Gasteiger partial charge in [0.25, 0.3) is 0 Å². The third-order valence-electron chi connectivity index (χ3n) is 3.43. The van der Waals surface area contributed by atoms with Gasteiger partial charge in [-0.25, -0.2) is 0 Å². The fraction of sp³-hybridized carbons (Fsp3) is 0.600. The Bertz CT molecular complexity index is 686. The SMILES string of the molecule is CCCS[As](SCCSOOO)c1ccc(N(CCSOOO)CCS(=O)(=O)O)cc1. The maximum absolute atomic E-state index is 11.2. The van der Waals surface area contributed by atoms with Gasteiger partial charge in [-0.15, -0.1) is 0 Å². The predicted molar refractivity (Wildman–Crippen MR) is 130 cm³/mol. The van der Waals surface area contributed by atoms with Gasteiger partial charge >= 0.3 is 203 Å². The van der Waals surface area contributed by atoms with E-state index in [-0.39, 0.29) is 6.54 Å². The van der Waals surface area contributed by atoms with E-state index < -0.39 is 28.2 Å². The van der Waals surface area contributed by atoms with Crippen LogP contribution in [0.3, 0.4) is 0 Å². The van der Waals surface area contributed by atoms with Crippen LogP contribution in [-0.4, -0.2) is 77.7 Å². The van der Waals surface area contributed by atoms with E-state index in [4.69, 9.17) is 15.1 Å². The molecule has 1 aromatic carbocycles. The molecule has 0 heterocycles. The Morgan fingerprint density at radius 2 is 1.55 bits per heavy atom. The van der Waals surface area contributed by atoms with Crippen molar-refractivity contribution in [3.8, 4) is 0 Å². The summed E-state index contributed by atoms with van der Waals surface area (Å²) < 4.78 is 41.5. The first-order chi connectivity index (χ1) is 14.9. The van der Waals surface area contributed by atoms with Gasteiger partial charge in [0, 0.05) is 0 Å². The summed E-state index contributed by atoms with van der Waals surface area (Å²) in [7, 11) is -0.212. The summed E-state index contributed by atoms with van der Waals surface area (Å²) in [5, 5.41) is 23.5. The summed E-state index contributed by atoms with van der Waals surface area (Å²) in [6.45, 7) is 2.68. The molecular weight excluding hydrogens is 573 g/mol. The summed E-state index contributed by atoms with van der Waals surface area (Å²) in [6, 6.07) is 8.01. The van der Waals surface area contributed by atoms with Crippen LogP contribution < -0.4 is 9.25 Å². The normalized spacial score (nSPS) is 12.8. The van der Waals surface area contributed by atoms with Gasteiger partial charge in [0.2, 0.25) is 0 Å². The van der Waals surface area contributed by atoms with E-state index in [1.165, 1.54) is 4.35 Å². The van der Waals surface area contributed by atoms with E-state index in [0.29, 0.717) is 18.1 Å². The number of hydrogen-bond acceptors (Lipinski definition) is 13. The Kier molecular flexibility index (Phi) is 17.3. The van der Waals surface area contributed by atoms with Crippen molar-refractivity contribution < 1.29 is 42.2 Å². The summed E-state index contributed by atoms with van der Waals surface area (Å²) in [4.78, 5) is 1.82. The van der Waals surface area contributed by atoms with Gasteiger partial charge in [-0.05, 0) is 0 Å². The quantitative estimate of drug-likeness (QED) is 0.0537. The van der Waals surface area contributed by atoms with E-state index in [1.54, 1.807) is 0 Å². The van der Waals surface area contributed by atoms with Crippen molar-refractivity contribution in [2.75, 3.05) is 46.8 Å². The van der Waals surface area contributed by atoms with Crippen LogP contribution in [0.25, 0.3) is 0 Å². The molecule has 0 aliphatic heterocycles. The molecule has 0 aromatic heterocycles. The zero-order chi connectivity index (χ0) is 23.0. The Morgan fingerprint density at radius 1 is 0.935 bits per heavy atom. The van der Waals surface area contributed by atoms with Crippen molar-refractivity contribution in [3.63, 3.8) is 0 Å². The van der Waals surface area contributed by atoms with E-state index in [0.717, 1.165) is 47.7 Å². The third kappa shape index (κ3) is 14.5. The number of nitrogens with zero attached hydrogens (tertiary/aromatic N) is 1. The van der Waals surface area contributed by atoms with Crippen molar-refractivity contribution in [3.05, 3.63) is 24.3 Å². The van der Waals surface area contributed by atoms with Gasteiger partial charge in [-0.2, -0.15) is 0 Å². The van der Waals surface area contributed by atoms with E-state index >= 15 is 0 Å². The Labute approximate surface area is 202 Å². The molecule has 0 fully saturated rings. The predicted octanol–water partition coefficient (Wildman–Crippen LogP) is 3.09. The fourth-order valence-electron chi connectivity index (χ4n) is 2.15. The molecule has 1 aromatic rings. The molecular formula is C15H26AsNO9S5. The van der Waals surface area contributed by atoms with Gasteiger partial charge in [0.15, 0.2) is 0 Å². The van der Waals surface area contributed by atoms with Crippen LogP contribution >= 0.6 is 44.1 Å². The molecule has 0 aliphatic rings. The summed E-state index contributed by atoms with van der Waals surface area (Å²) >= 11 is 0.498. The van der Waals surface area contributed by atoms with Crippen LogP contribution in [0.2, 0.25) is 0 Å². The first-order valence-corrected chi connectivity index (χ1v) is 19.8. The molecule has 1 atom stereocenters. The Balaban J connectivity index is 2.79. The molecule has 180 valence electrons. The summed E-state index contributed by atoms with van der Waals surface area (Å²) in [5.41, 5.74) is 0.821. The summed E-state index contributed by atoms with van der Waals surface area (Å²) in [6.07, 6.45) is 1.09. The van der Waals surface area contributed by atoms with Gasteiger partial charge in [0.1, 0.15) is 0 Å². The van der Waals surface area contributed by atoms with Crippen LogP contribution in [0.4, 0.5) is 5.69 Å². The minimum atomic E-state index is -4.09. The molecule has 10 nitrogen and oxygen atoms in total. The van der Waals surface area contributed by atoms with Crippen molar-refractivity contribution in [1.29, 1.82) is 0 Å². The first kappa shape index (κ1) is 29.7. The first-order valence-electron chi connectivity index (χ1n) is 8.96. The molecule has 1 unspecified atom stereocenters. The molecule has 0 bridgehead atoms. The standard InChI is InChI=1S/C15H26AsNO9S5/c1-2-9-27-16(28-11-12-30-26-24-19)14-3-5-15(6-4-14)17(7-10-29-25-23-18)8-13-31(20,21)22/h3-6,18-19H,2,7-13H2,1H3,(H,20,21,22). The molecule has 0 aliphatic carbocycles. The van der Waals surface area contributed by atoms with Gasteiger partial charge < -0.3 is 0 Å². The number of benzene rings is 1. The molecule has 3 N–H and O–H groups in total. The monoisotopic (exact) mass is 599 g/mol. The van der Waals surface area contributed by atoms with Crippen molar-refractivity contribution in [2.45, 2.75) is 13.3 Å². The number of rotatable bonds is 19. The van der Waals surface area contributed by atoms with Crippen molar-refractivity contribution in [2.24, 2.45) is 0 Å². The molecule has 0 saturated carbocycles. The number of anilines is 1. The molecule has 0 saturated heterocycles. The maximum atomic E-state index is 11.2. The molecule has 0 amide bonds. The Hall–Kier alpha value is 0.648. The Morgan fingerprint density at radius 3 is 2.13 bits per heavy atom. The van der Waals surface area contributed by atoms with E-state index in [1.807, 2.05) is 37.1 Å². The molecule has 31 heavy (non-hydrogen) atoms. The van der Waals surface area contributed by atoms with Crippen LogP contribution in [0.5, 0.6) is 0 Å². The molecule has 0 spiro atoms. The van der Waals surface area contributed by atoms with Gasteiger partial charge in [-0.3, -0.25) is 0 Å². The summed E-state index contributed by atoms with van der Waals surface area (Å²) in [5.74, 6) is 2.63. The van der Waals surface area contributed by atoms with Crippen LogP contribution in [0.1, 0.15) is 13.3 Å². The van der Waals surface area contributed by atoms with E-state index in [2.05, 4.69) is 37.8 Å². The van der Waals surface area contributed by atoms with Gasteiger partial charge in [0.05, 0.1) is 0 Å². The average Bonchev–Trinajstić information content (AvgIpc) is 2.75. The molecule has 16 heteroatoms. The van der Waals surface area contributed by atoms with Crippen LogP contribution in [0.15, 0.2) is 24.3 Å². The minimum absolute atomic E-state index is 0.115. The zero-order valence-electron chi connectivity index (χ0n) is 16.7. The fourth-order valence-corrected chi connectivity index (χ4v) is 17.1. The average molecular weight is 600 g/mol. The second-order valence-electron chi connectivity index (χ2n) is 5.64.